The largest absolute Gasteiger partial charge is 0.457 e. The fourth-order valence-corrected chi connectivity index (χ4v) is 2.05. The van der Waals surface area contributed by atoms with Crippen molar-refractivity contribution in [1.29, 1.82) is 0 Å². The molecule has 0 atom stereocenters. The van der Waals surface area contributed by atoms with Crippen molar-refractivity contribution in [1.82, 2.24) is 5.43 Å². The van der Waals surface area contributed by atoms with Crippen molar-refractivity contribution >= 4 is 18.0 Å². The predicted molar refractivity (Wildman–Crippen MR) is 93.4 cm³/mol. The number of nitrogens with one attached hydrogen (secondary N) is 1. The van der Waals surface area contributed by atoms with E-state index in [4.69, 9.17) is 9.15 Å². The summed E-state index contributed by atoms with van der Waals surface area (Å²) in [6.07, 6.45) is 1.18. The van der Waals surface area contributed by atoms with Crippen LogP contribution in [0.15, 0.2) is 76.2 Å². The third-order valence-corrected chi connectivity index (χ3v) is 3.23. The highest BCUT2D eigenvalue weighted by Crippen LogP contribution is 2.21. The van der Waals surface area contributed by atoms with Crippen LogP contribution in [0.25, 0.3) is 0 Å². The van der Waals surface area contributed by atoms with Crippen LogP contribution in [0.3, 0.4) is 0 Å². The van der Waals surface area contributed by atoms with Crippen molar-refractivity contribution in [2.24, 2.45) is 5.10 Å². The summed E-state index contributed by atoms with van der Waals surface area (Å²) in [5, 5.41) is 14.3. The molecule has 0 saturated carbocycles. The van der Waals surface area contributed by atoms with E-state index in [1.807, 2.05) is 18.2 Å². The second-order valence-electron chi connectivity index (χ2n) is 5.08. The lowest BCUT2D eigenvalue weighted by Gasteiger charge is -2.06. The van der Waals surface area contributed by atoms with Crippen LogP contribution < -0.4 is 10.2 Å². The summed E-state index contributed by atoms with van der Waals surface area (Å²) in [6.45, 7) is 0. The van der Waals surface area contributed by atoms with Gasteiger partial charge in [0.05, 0.1) is 12.3 Å². The summed E-state index contributed by atoms with van der Waals surface area (Å²) >= 11 is 0. The van der Waals surface area contributed by atoms with Crippen LogP contribution in [0.1, 0.15) is 16.1 Å². The third-order valence-electron chi connectivity index (χ3n) is 3.23. The average molecular weight is 351 g/mol. The Kier molecular flexibility index (Phi) is 5.04. The van der Waals surface area contributed by atoms with Crippen LogP contribution in [0, 0.1) is 10.1 Å². The Morgan fingerprint density at radius 3 is 2.58 bits per heavy atom. The summed E-state index contributed by atoms with van der Waals surface area (Å²) < 4.78 is 10.6. The number of para-hydroxylation sites is 1. The van der Waals surface area contributed by atoms with Gasteiger partial charge in [-0.2, -0.15) is 5.10 Å². The van der Waals surface area contributed by atoms with Crippen molar-refractivity contribution in [3.8, 4) is 11.5 Å². The maximum absolute atomic E-state index is 12.1. The molecular formula is C18H13N3O5. The second-order valence-corrected chi connectivity index (χ2v) is 5.08. The van der Waals surface area contributed by atoms with Crippen LogP contribution in [-0.2, 0) is 0 Å². The summed E-state index contributed by atoms with van der Waals surface area (Å²) in [7, 11) is 0. The Morgan fingerprint density at radius 2 is 1.85 bits per heavy atom. The van der Waals surface area contributed by atoms with Gasteiger partial charge in [0.2, 0.25) is 0 Å². The van der Waals surface area contributed by atoms with Gasteiger partial charge in [-0.05, 0) is 36.4 Å². The molecule has 0 spiro atoms. The maximum Gasteiger partial charge on any atom is 0.433 e. The van der Waals surface area contributed by atoms with Crippen molar-refractivity contribution < 1.29 is 18.9 Å². The molecule has 0 radical (unpaired) electrons. The number of amides is 1. The molecule has 8 heteroatoms. The Bertz CT molecular complexity index is 950. The number of nitro groups is 1. The molecule has 0 aliphatic rings. The smallest absolute Gasteiger partial charge is 0.433 e. The summed E-state index contributed by atoms with van der Waals surface area (Å²) in [6, 6.07) is 18.4. The number of carbonyl (C=O) groups excluding carboxylic acids is 1. The average Bonchev–Trinajstić information content (AvgIpc) is 3.12. The van der Waals surface area contributed by atoms with Crippen molar-refractivity contribution in [2.75, 3.05) is 0 Å². The molecule has 1 heterocycles. The number of rotatable bonds is 6. The first-order chi connectivity index (χ1) is 12.6. The minimum Gasteiger partial charge on any atom is -0.457 e. The second kappa shape index (κ2) is 7.75. The van der Waals surface area contributed by atoms with Gasteiger partial charge in [0.25, 0.3) is 5.91 Å². The highest BCUT2D eigenvalue weighted by molar-refractivity contribution is 5.95. The molecule has 0 bridgehead atoms. The number of ether oxygens (including phenoxy) is 1. The minimum absolute atomic E-state index is 0.151. The molecule has 3 rings (SSSR count). The van der Waals surface area contributed by atoms with Gasteiger partial charge in [0.15, 0.2) is 5.76 Å². The van der Waals surface area contributed by atoms with Gasteiger partial charge in [-0.25, -0.2) is 5.43 Å². The Labute approximate surface area is 147 Å². The van der Waals surface area contributed by atoms with Gasteiger partial charge in [0, 0.05) is 5.56 Å². The first kappa shape index (κ1) is 16.9. The van der Waals surface area contributed by atoms with Gasteiger partial charge in [0.1, 0.15) is 16.4 Å². The molecule has 1 amide bonds. The monoisotopic (exact) mass is 351 g/mol. The molecular weight excluding hydrogens is 338 g/mol. The topological polar surface area (TPSA) is 107 Å². The minimum atomic E-state index is -0.659. The fourth-order valence-electron chi connectivity index (χ4n) is 2.05. The number of carbonyl (C=O) groups is 1. The molecule has 0 aliphatic carbocycles. The number of benzene rings is 2. The van der Waals surface area contributed by atoms with E-state index in [1.165, 1.54) is 18.3 Å². The fraction of sp³-hybridized carbons (Fsp3) is 0. The summed E-state index contributed by atoms with van der Waals surface area (Å²) in [4.78, 5) is 22.0. The highest BCUT2D eigenvalue weighted by Gasteiger charge is 2.10. The molecule has 0 unspecified atom stereocenters. The van der Waals surface area contributed by atoms with E-state index in [2.05, 4.69) is 10.5 Å². The number of hydrazone groups is 1. The van der Waals surface area contributed by atoms with Crippen LogP contribution in [0.5, 0.6) is 11.5 Å². The molecule has 1 N–H and O–H groups in total. The lowest BCUT2D eigenvalue weighted by molar-refractivity contribution is -0.402. The Hall–Kier alpha value is -3.94. The first-order valence-corrected chi connectivity index (χ1v) is 7.52. The molecule has 130 valence electrons. The van der Waals surface area contributed by atoms with Crippen molar-refractivity contribution in [2.45, 2.75) is 0 Å². The van der Waals surface area contributed by atoms with E-state index in [-0.39, 0.29) is 5.76 Å². The number of hydrogen-bond donors (Lipinski definition) is 1. The van der Waals surface area contributed by atoms with E-state index in [9.17, 15) is 14.9 Å². The Balaban J connectivity index is 1.63. The summed E-state index contributed by atoms with van der Waals surface area (Å²) in [5.74, 6) is 0.458. The van der Waals surface area contributed by atoms with E-state index >= 15 is 0 Å². The van der Waals surface area contributed by atoms with Gasteiger partial charge in [-0.1, -0.05) is 24.3 Å². The highest BCUT2D eigenvalue weighted by atomic mass is 16.6. The van der Waals surface area contributed by atoms with E-state index in [0.717, 1.165) is 0 Å². The molecule has 1 aromatic heterocycles. The quantitative estimate of drug-likeness (QED) is 0.413. The number of hydrogen-bond acceptors (Lipinski definition) is 6. The van der Waals surface area contributed by atoms with Crippen LogP contribution >= 0.6 is 0 Å². The number of furan rings is 1. The van der Waals surface area contributed by atoms with E-state index in [1.54, 1.807) is 36.4 Å². The third kappa shape index (κ3) is 4.32. The lowest BCUT2D eigenvalue weighted by Crippen LogP contribution is -2.17. The molecule has 0 saturated heterocycles. The molecule has 26 heavy (non-hydrogen) atoms. The zero-order valence-corrected chi connectivity index (χ0v) is 13.4. The first-order valence-electron chi connectivity index (χ1n) is 7.52. The SMILES string of the molecule is O=C(N/N=C/c1ccc([N+](=O)[O-])o1)c1cccc(Oc2ccccc2)c1. The molecule has 3 aromatic rings. The van der Waals surface area contributed by atoms with Crippen molar-refractivity contribution in [3.05, 3.63) is 88.2 Å². The summed E-state index contributed by atoms with van der Waals surface area (Å²) in [5.41, 5.74) is 2.67. The zero-order valence-electron chi connectivity index (χ0n) is 13.4. The lowest BCUT2D eigenvalue weighted by atomic mass is 10.2. The van der Waals surface area contributed by atoms with Gasteiger partial charge in [-0.3, -0.25) is 14.9 Å². The van der Waals surface area contributed by atoms with Crippen LogP contribution in [0.2, 0.25) is 0 Å². The molecule has 8 nitrogen and oxygen atoms in total. The molecule has 0 aliphatic heterocycles. The Morgan fingerprint density at radius 1 is 1.08 bits per heavy atom. The number of nitrogens with zero attached hydrogens (tertiary/aromatic N) is 2. The van der Waals surface area contributed by atoms with Gasteiger partial charge >= 0.3 is 5.88 Å². The van der Waals surface area contributed by atoms with Crippen LogP contribution in [-0.4, -0.2) is 17.0 Å². The van der Waals surface area contributed by atoms with E-state index < -0.39 is 16.7 Å². The van der Waals surface area contributed by atoms with E-state index in [0.29, 0.717) is 17.1 Å². The zero-order chi connectivity index (χ0) is 18.4. The maximum atomic E-state index is 12.1. The molecule has 0 fully saturated rings. The van der Waals surface area contributed by atoms with Gasteiger partial charge in [-0.15, -0.1) is 0 Å². The normalized spacial score (nSPS) is 10.6. The predicted octanol–water partition coefficient (Wildman–Crippen LogP) is 3.74. The molecule has 2 aromatic carbocycles. The van der Waals surface area contributed by atoms with Gasteiger partial charge < -0.3 is 9.15 Å². The van der Waals surface area contributed by atoms with Crippen LogP contribution in [0.4, 0.5) is 5.88 Å². The standard InChI is InChI=1S/C18H13N3O5/c22-18(20-19-12-16-9-10-17(26-16)21(23)24)13-5-4-8-15(11-13)25-14-6-2-1-3-7-14/h1-12H,(H,20,22)/b19-12+. The van der Waals surface area contributed by atoms with Crippen molar-refractivity contribution in [3.63, 3.8) is 0 Å².